The molecule has 2 atom stereocenters. The molecule has 6 heteroatoms. The molecule has 1 fully saturated rings. The van der Waals surface area contributed by atoms with Crippen molar-refractivity contribution in [3.63, 3.8) is 0 Å². The molecule has 2 aromatic heterocycles. The minimum atomic E-state index is -0.785. The summed E-state index contributed by atoms with van der Waals surface area (Å²) in [5.74, 6) is 0.378. The van der Waals surface area contributed by atoms with E-state index in [-0.39, 0.29) is 5.92 Å². The Kier molecular flexibility index (Phi) is 3.31. The van der Waals surface area contributed by atoms with Crippen LogP contribution in [-0.4, -0.2) is 38.3 Å². The quantitative estimate of drug-likeness (QED) is 0.937. The molecule has 0 aromatic carbocycles. The predicted molar refractivity (Wildman–Crippen MR) is 79.6 cm³/mol. The average molecular weight is 288 g/mol. The van der Waals surface area contributed by atoms with Crippen molar-refractivity contribution in [1.82, 2.24) is 14.6 Å². The molecule has 1 N–H and O–H groups in total. The van der Waals surface area contributed by atoms with Crippen molar-refractivity contribution in [2.24, 2.45) is 5.92 Å². The van der Waals surface area contributed by atoms with Crippen LogP contribution in [0.1, 0.15) is 38.8 Å². The second-order valence-electron chi connectivity index (χ2n) is 6.05. The van der Waals surface area contributed by atoms with E-state index in [9.17, 15) is 9.90 Å². The third kappa shape index (κ3) is 2.24. The summed E-state index contributed by atoms with van der Waals surface area (Å²) in [6, 6.07) is 1.50. The molecule has 21 heavy (non-hydrogen) atoms. The average Bonchev–Trinajstić information content (AvgIpc) is 3.01. The lowest BCUT2D eigenvalue weighted by molar-refractivity contribution is -0.139. The van der Waals surface area contributed by atoms with Gasteiger partial charge in [0.1, 0.15) is 11.6 Å². The molecule has 3 rings (SSSR count). The third-order valence-electron chi connectivity index (χ3n) is 4.21. The van der Waals surface area contributed by atoms with E-state index < -0.39 is 12.0 Å². The fourth-order valence-electron chi connectivity index (χ4n) is 2.99. The number of hydrogen-bond donors (Lipinski definition) is 1. The monoisotopic (exact) mass is 288 g/mol. The third-order valence-corrected chi connectivity index (χ3v) is 4.21. The molecule has 1 aliphatic heterocycles. The van der Waals surface area contributed by atoms with E-state index in [0.717, 1.165) is 17.6 Å². The highest BCUT2D eigenvalue weighted by molar-refractivity contribution is 5.82. The van der Waals surface area contributed by atoms with Crippen molar-refractivity contribution >= 4 is 17.3 Å². The molecule has 0 bridgehead atoms. The standard InChI is InChI=1S/C15H20N4O2/c1-9(2)11-8-12-14(16-5-7-19(12)17-11)18-6-4-10(3)13(18)15(20)21/h5,7-10,13H,4,6H2,1-3H3,(H,20,21). The second kappa shape index (κ2) is 5.02. The molecule has 0 saturated carbocycles. The van der Waals surface area contributed by atoms with Crippen LogP contribution < -0.4 is 4.90 Å². The fourth-order valence-corrected chi connectivity index (χ4v) is 2.99. The highest BCUT2D eigenvalue weighted by Gasteiger charge is 2.38. The van der Waals surface area contributed by atoms with Crippen LogP contribution in [0.25, 0.3) is 5.52 Å². The Labute approximate surface area is 123 Å². The van der Waals surface area contributed by atoms with Crippen molar-refractivity contribution in [2.75, 3.05) is 11.4 Å². The molecule has 112 valence electrons. The van der Waals surface area contributed by atoms with Crippen LogP contribution in [0.15, 0.2) is 18.5 Å². The lowest BCUT2D eigenvalue weighted by Crippen LogP contribution is -2.39. The Morgan fingerprint density at radius 2 is 2.24 bits per heavy atom. The van der Waals surface area contributed by atoms with E-state index in [0.29, 0.717) is 18.3 Å². The van der Waals surface area contributed by atoms with Crippen molar-refractivity contribution in [2.45, 2.75) is 39.2 Å². The number of fused-ring (bicyclic) bond motifs is 1. The molecule has 0 amide bonds. The number of aromatic nitrogens is 3. The van der Waals surface area contributed by atoms with Crippen LogP contribution in [-0.2, 0) is 4.79 Å². The molecule has 0 spiro atoms. The second-order valence-corrected chi connectivity index (χ2v) is 6.05. The van der Waals surface area contributed by atoms with Crippen molar-refractivity contribution in [3.8, 4) is 0 Å². The van der Waals surface area contributed by atoms with Gasteiger partial charge in [-0.3, -0.25) is 0 Å². The maximum absolute atomic E-state index is 11.6. The minimum absolute atomic E-state index is 0.122. The van der Waals surface area contributed by atoms with Gasteiger partial charge in [-0.2, -0.15) is 5.10 Å². The number of rotatable bonds is 3. The molecular weight excluding hydrogens is 268 g/mol. The molecule has 1 aliphatic rings. The lowest BCUT2D eigenvalue weighted by atomic mass is 10.0. The number of carboxylic acid groups (broad SMARTS) is 1. The van der Waals surface area contributed by atoms with Crippen LogP contribution >= 0.6 is 0 Å². The van der Waals surface area contributed by atoms with Gasteiger partial charge in [0.25, 0.3) is 0 Å². The van der Waals surface area contributed by atoms with Crippen LogP contribution in [0.4, 0.5) is 5.82 Å². The number of carboxylic acids is 1. The zero-order chi connectivity index (χ0) is 15.1. The maximum Gasteiger partial charge on any atom is 0.326 e. The Morgan fingerprint density at radius 3 is 2.90 bits per heavy atom. The highest BCUT2D eigenvalue weighted by atomic mass is 16.4. The Morgan fingerprint density at radius 1 is 1.48 bits per heavy atom. The molecule has 0 aliphatic carbocycles. The van der Waals surface area contributed by atoms with Gasteiger partial charge in [-0.25, -0.2) is 14.3 Å². The topological polar surface area (TPSA) is 70.7 Å². The number of carbonyl (C=O) groups is 1. The molecular formula is C15H20N4O2. The summed E-state index contributed by atoms with van der Waals surface area (Å²) in [7, 11) is 0. The highest BCUT2D eigenvalue weighted by Crippen LogP contribution is 2.32. The van der Waals surface area contributed by atoms with Crippen LogP contribution in [0.3, 0.4) is 0 Å². The van der Waals surface area contributed by atoms with E-state index in [2.05, 4.69) is 23.9 Å². The van der Waals surface area contributed by atoms with E-state index in [1.54, 1.807) is 16.9 Å². The van der Waals surface area contributed by atoms with Crippen LogP contribution in [0, 0.1) is 5.92 Å². The minimum Gasteiger partial charge on any atom is -0.480 e. The van der Waals surface area contributed by atoms with Gasteiger partial charge in [-0.15, -0.1) is 0 Å². The number of nitrogens with zero attached hydrogens (tertiary/aromatic N) is 4. The molecule has 1 saturated heterocycles. The summed E-state index contributed by atoms with van der Waals surface area (Å²) >= 11 is 0. The van der Waals surface area contributed by atoms with Gasteiger partial charge in [-0.05, 0) is 24.3 Å². The Hall–Kier alpha value is -2.11. The molecule has 6 nitrogen and oxygen atoms in total. The Bertz CT molecular complexity index is 679. The molecule has 3 heterocycles. The SMILES string of the molecule is CC(C)c1cc2c(N3CCC(C)C3C(=O)O)nccn2n1. The molecule has 2 unspecified atom stereocenters. The van der Waals surface area contributed by atoms with Gasteiger partial charge in [-0.1, -0.05) is 20.8 Å². The van der Waals surface area contributed by atoms with Crippen molar-refractivity contribution < 1.29 is 9.90 Å². The smallest absolute Gasteiger partial charge is 0.326 e. The molecule has 2 aromatic rings. The number of aliphatic carboxylic acids is 1. The van der Waals surface area contributed by atoms with Crippen LogP contribution in [0.2, 0.25) is 0 Å². The van der Waals surface area contributed by atoms with Gasteiger partial charge in [0.15, 0.2) is 5.82 Å². The first kappa shape index (κ1) is 13.9. The number of hydrogen-bond acceptors (Lipinski definition) is 4. The Balaban J connectivity index is 2.09. The first-order valence-electron chi connectivity index (χ1n) is 7.32. The first-order valence-corrected chi connectivity index (χ1v) is 7.32. The summed E-state index contributed by atoms with van der Waals surface area (Å²) in [6.45, 7) is 6.88. The van der Waals surface area contributed by atoms with Gasteiger partial charge < -0.3 is 10.0 Å². The summed E-state index contributed by atoms with van der Waals surface area (Å²) in [5, 5.41) is 14.0. The van der Waals surface area contributed by atoms with E-state index in [4.69, 9.17) is 0 Å². The van der Waals surface area contributed by atoms with Gasteiger partial charge in [0, 0.05) is 18.9 Å². The summed E-state index contributed by atoms with van der Waals surface area (Å²) in [5.41, 5.74) is 1.87. The first-order chi connectivity index (χ1) is 9.99. The lowest BCUT2D eigenvalue weighted by Gasteiger charge is -2.24. The zero-order valence-corrected chi connectivity index (χ0v) is 12.5. The van der Waals surface area contributed by atoms with Crippen molar-refractivity contribution in [3.05, 3.63) is 24.2 Å². The predicted octanol–water partition coefficient (Wildman–Crippen LogP) is 2.15. The summed E-state index contributed by atoms with van der Waals surface area (Å²) < 4.78 is 1.79. The van der Waals surface area contributed by atoms with Gasteiger partial charge in [0.2, 0.25) is 0 Å². The van der Waals surface area contributed by atoms with E-state index in [1.165, 1.54) is 0 Å². The number of anilines is 1. The normalized spacial score (nSPS) is 22.4. The summed E-state index contributed by atoms with van der Waals surface area (Å²) in [4.78, 5) is 17.9. The van der Waals surface area contributed by atoms with Gasteiger partial charge in [0.05, 0.1) is 5.69 Å². The van der Waals surface area contributed by atoms with Crippen molar-refractivity contribution in [1.29, 1.82) is 0 Å². The van der Waals surface area contributed by atoms with E-state index in [1.807, 2.05) is 17.9 Å². The largest absolute Gasteiger partial charge is 0.480 e. The van der Waals surface area contributed by atoms with Gasteiger partial charge >= 0.3 is 5.97 Å². The summed E-state index contributed by atoms with van der Waals surface area (Å²) in [6.07, 6.45) is 4.35. The molecule has 0 radical (unpaired) electrons. The fraction of sp³-hybridized carbons (Fsp3) is 0.533. The van der Waals surface area contributed by atoms with E-state index >= 15 is 0 Å². The zero-order valence-electron chi connectivity index (χ0n) is 12.5. The maximum atomic E-state index is 11.6. The van der Waals surface area contributed by atoms with Crippen LogP contribution in [0.5, 0.6) is 0 Å².